The van der Waals surface area contributed by atoms with Crippen molar-refractivity contribution in [1.82, 2.24) is 0 Å². The van der Waals surface area contributed by atoms with Gasteiger partial charge in [0, 0.05) is 5.38 Å². The van der Waals surface area contributed by atoms with E-state index in [1.165, 1.54) is 0 Å². The van der Waals surface area contributed by atoms with E-state index >= 15 is 0 Å². The van der Waals surface area contributed by atoms with Crippen LogP contribution in [0.4, 0.5) is 0 Å². The fraction of sp³-hybridized carbons (Fsp3) is 0.500. The molecular formula is C8H13Cl. The third kappa shape index (κ3) is 7.77. The maximum Gasteiger partial charge on any atom is 0.0490 e. The van der Waals surface area contributed by atoms with E-state index in [1.807, 2.05) is 25.2 Å². The van der Waals surface area contributed by atoms with Crippen molar-refractivity contribution in [3.05, 3.63) is 24.3 Å². The number of alkyl halides is 1. The molecule has 0 bridgehead atoms. The molecule has 0 aromatic carbocycles. The molecule has 0 aromatic rings. The molecule has 0 fully saturated rings. The zero-order valence-corrected chi connectivity index (χ0v) is 6.73. The van der Waals surface area contributed by atoms with E-state index < -0.39 is 0 Å². The lowest BCUT2D eigenvalue weighted by Gasteiger charge is -1.85. The zero-order valence-electron chi connectivity index (χ0n) is 5.97. The Balaban J connectivity index is 3.35. The molecule has 52 valence electrons. The molecule has 0 radical (unpaired) electrons. The molecule has 0 N–H and O–H groups in total. The van der Waals surface area contributed by atoms with Gasteiger partial charge in [-0.1, -0.05) is 31.2 Å². The molecule has 1 unspecified atom stereocenters. The molecule has 0 aliphatic carbocycles. The highest BCUT2D eigenvalue weighted by atomic mass is 35.5. The first-order valence-corrected chi connectivity index (χ1v) is 3.68. The molecule has 0 aromatic heterocycles. The summed E-state index contributed by atoms with van der Waals surface area (Å²) >= 11 is 5.64. The van der Waals surface area contributed by atoms with E-state index in [-0.39, 0.29) is 5.38 Å². The van der Waals surface area contributed by atoms with E-state index in [9.17, 15) is 0 Å². The fourth-order valence-electron chi connectivity index (χ4n) is 0.432. The third-order valence-corrected chi connectivity index (χ3v) is 1.00. The molecule has 1 atom stereocenters. The summed E-state index contributed by atoms with van der Waals surface area (Å²) in [4.78, 5) is 0. The summed E-state index contributed by atoms with van der Waals surface area (Å²) in [5.41, 5.74) is 0. The smallest absolute Gasteiger partial charge is 0.0490 e. The average Bonchev–Trinajstić information content (AvgIpc) is 1.80. The van der Waals surface area contributed by atoms with E-state index in [1.54, 1.807) is 0 Å². The van der Waals surface area contributed by atoms with Gasteiger partial charge in [0.05, 0.1) is 0 Å². The number of rotatable bonds is 3. The minimum atomic E-state index is 0.145. The molecule has 0 saturated carbocycles. The van der Waals surface area contributed by atoms with Crippen LogP contribution in [0.15, 0.2) is 24.3 Å². The van der Waals surface area contributed by atoms with Crippen LogP contribution in [-0.2, 0) is 0 Å². The Morgan fingerprint density at radius 2 is 2.11 bits per heavy atom. The van der Waals surface area contributed by atoms with Crippen LogP contribution in [-0.4, -0.2) is 5.38 Å². The van der Waals surface area contributed by atoms with E-state index in [0.717, 1.165) is 6.42 Å². The Hall–Kier alpha value is -0.230. The van der Waals surface area contributed by atoms with Crippen molar-refractivity contribution in [2.45, 2.75) is 25.6 Å². The summed E-state index contributed by atoms with van der Waals surface area (Å²) < 4.78 is 0. The van der Waals surface area contributed by atoms with Gasteiger partial charge >= 0.3 is 0 Å². The summed E-state index contributed by atoms with van der Waals surface area (Å²) in [7, 11) is 0. The van der Waals surface area contributed by atoms with Crippen LogP contribution >= 0.6 is 11.6 Å². The molecule has 0 spiro atoms. The summed E-state index contributed by atoms with van der Waals surface area (Å²) in [6.45, 7) is 4.05. The van der Waals surface area contributed by atoms with Crippen LogP contribution in [0, 0.1) is 0 Å². The Morgan fingerprint density at radius 3 is 2.56 bits per heavy atom. The number of hydrogen-bond acceptors (Lipinski definition) is 0. The normalized spacial score (nSPS) is 15.4. The monoisotopic (exact) mass is 144 g/mol. The molecular weight excluding hydrogens is 132 g/mol. The second-order valence-corrected chi connectivity index (χ2v) is 2.59. The first-order chi connectivity index (χ1) is 4.27. The minimum absolute atomic E-state index is 0.145. The van der Waals surface area contributed by atoms with Gasteiger partial charge in [-0.3, -0.25) is 0 Å². The number of halogens is 1. The van der Waals surface area contributed by atoms with Gasteiger partial charge < -0.3 is 0 Å². The third-order valence-electron chi connectivity index (χ3n) is 0.859. The van der Waals surface area contributed by atoms with Crippen LogP contribution in [0.1, 0.15) is 20.3 Å². The first-order valence-electron chi connectivity index (χ1n) is 3.24. The molecule has 9 heavy (non-hydrogen) atoms. The highest BCUT2D eigenvalue weighted by Crippen LogP contribution is 1.94. The SMILES string of the molecule is CC/C=C\C=C/C(C)Cl. The molecule has 0 rings (SSSR count). The van der Waals surface area contributed by atoms with E-state index in [4.69, 9.17) is 11.6 Å². The molecule has 0 amide bonds. The van der Waals surface area contributed by atoms with E-state index in [0.29, 0.717) is 0 Å². The molecule has 1 heteroatoms. The lowest BCUT2D eigenvalue weighted by Crippen LogP contribution is -1.78. The molecule has 0 aliphatic heterocycles. The van der Waals surface area contributed by atoms with Crippen molar-refractivity contribution in [3.8, 4) is 0 Å². The van der Waals surface area contributed by atoms with Crippen LogP contribution < -0.4 is 0 Å². The van der Waals surface area contributed by atoms with Crippen molar-refractivity contribution in [2.75, 3.05) is 0 Å². The number of hydrogen-bond donors (Lipinski definition) is 0. The van der Waals surface area contributed by atoms with Crippen molar-refractivity contribution in [2.24, 2.45) is 0 Å². The standard InChI is InChI=1S/C8H13Cl/c1-3-4-5-6-7-8(2)9/h4-8H,3H2,1-2H3/b5-4-,7-6-. The summed E-state index contributed by atoms with van der Waals surface area (Å²) in [6, 6.07) is 0. The van der Waals surface area contributed by atoms with Crippen LogP contribution in [0.3, 0.4) is 0 Å². The second-order valence-electron chi connectivity index (χ2n) is 1.90. The average molecular weight is 145 g/mol. The van der Waals surface area contributed by atoms with E-state index in [2.05, 4.69) is 13.0 Å². The molecule has 0 aliphatic rings. The zero-order chi connectivity index (χ0) is 7.11. The minimum Gasteiger partial charge on any atom is -0.119 e. The van der Waals surface area contributed by atoms with Gasteiger partial charge in [0.25, 0.3) is 0 Å². The summed E-state index contributed by atoms with van der Waals surface area (Å²) in [5, 5.41) is 0.145. The first kappa shape index (κ1) is 8.77. The largest absolute Gasteiger partial charge is 0.119 e. The van der Waals surface area contributed by atoms with Gasteiger partial charge in [0.15, 0.2) is 0 Å². The topological polar surface area (TPSA) is 0 Å². The number of allylic oxidation sites excluding steroid dienone is 4. The fourth-order valence-corrected chi connectivity index (χ4v) is 0.516. The lowest BCUT2D eigenvalue weighted by molar-refractivity contribution is 1.21. The maximum atomic E-state index is 5.64. The van der Waals surface area contributed by atoms with Gasteiger partial charge in [0.2, 0.25) is 0 Å². The van der Waals surface area contributed by atoms with Crippen molar-refractivity contribution >= 4 is 11.6 Å². The summed E-state index contributed by atoms with van der Waals surface area (Å²) in [6.07, 6.45) is 9.12. The molecule has 0 saturated heterocycles. The van der Waals surface area contributed by atoms with Gasteiger partial charge in [-0.15, -0.1) is 11.6 Å². The van der Waals surface area contributed by atoms with Crippen molar-refractivity contribution in [3.63, 3.8) is 0 Å². The Bertz CT molecular complexity index is 101. The van der Waals surface area contributed by atoms with Crippen LogP contribution in [0.2, 0.25) is 0 Å². The summed E-state index contributed by atoms with van der Waals surface area (Å²) in [5.74, 6) is 0. The highest BCUT2D eigenvalue weighted by Gasteiger charge is 1.81. The Kier molecular flexibility index (Phi) is 5.75. The van der Waals surface area contributed by atoms with Crippen LogP contribution in [0.5, 0.6) is 0 Å². The molecule has 0 nitrogen and oxygen atoms in total. The van der Waals surface area contributed by atoms with Gasteiger partial charge in [-0.25, -0.2) is 0 Å². The van der Waals surface area contributed by atoms with Crippen molar-refractivity contribution in [1.29, 1.82) is 0 Å². The molecule has 0 heterocycles. The maximum absolute atomic E-state index is 5.64. The Labute approximate surface area is 62.2 Å². The lowest BCUT2D eigenvalue weighted by atomic mass is 10.3. The van der Waals surface area contributed by atoms with Crippen LogP contribution in [0.25, 0.3) is 0 Å². The quantitative estimate of drug-likeness (QED) is 0.422. The van der Waals surface area contributed by atoms with Gasteiger partial charge in [0.1, 0.15) is 0 Å². The predicted molar refractivity (Wildman–Crippen MR) is 43.9 cm³/mol. The predicted octanol–water partition coefficient (Wildman–Crippen LogP) is 3.14. The van der Waals surface area contributed by atoms with Gasteiger partial charge in [-0.05, 0) is 13.3 Å². The second kappa shape index (κ2) is 5.90. The van der Waals surface area contributed by atoms with Crippen molar-refractivity contribution < 1.29 is 0 Å². The Morgan fingerprint density at radius 1 is 1.44 bits per heavy atom. The highest BCUT2D eigenvalue weighted by molar-refractivity contribution is 6.21. The van der Waals surface area contributed by atoms with Gasteiger partial charge in [-0.2, -0.15) is 0 Å².